The van der Waals surface area contributed by atoms with Gasteiger partial charge in [0.25, 0.3) is 0 Å². The SMILES string of the molecule is NNC(c1cccc(Cl)c1)c1ccc(Cl)c(Br)c1. The average Bonchev–Trinajstić information content (AvgIpc) is 2.35. The van der Waals surface area contributed by atoms with Crippen molar-refractivity contribution in [2.45, 2.75) is 6.04 Å². The van der Waals surface area contributed by atoms with Crippen molar-refractivity contribution >= 4 is 39.1 Å². The number of nitrogens with one attached hydrogen (secondary N) is 1. The Hall–Kier alpha value is -0.580. The molecule has 0 radical (unpaired) electrons. The van der Waals surface area contributed by atoms with Gasteiger partial charge in [0.1, 0.15) is 0 Å². The molecule has 3 N–H and O–H groups in total. The van der Waals surface area contributed by atoms with E-state index in [2.05, 4.69) is 21.4 Å². The van der Waals surface area contributed by atoms with Crippen LogP contribution in [0.4, 0.5) is 0 Å². The van der Waals surface area contributed by atoms with Gasteiger partial charge in [-0.25, -0.2) is 5.43 Å². The van der Waals surface area contributed by atoms with Crippen LogP contribution in [0.3, 0.4) is 0 Å². The smallest absolute Gasteiger partial charge is 0.0711 e. The van der Waals surface area contributed by atoms with E-state index in [1.807, 2.05) is 42.5 Å². The fourth-order valence-electron chi connectivity index (χ4n) is 1.76. The molecule has 0 heterocycles. The van der Waals surface area contributed by atoms with E-state index in [0.717, 1.165) is 15.6 Å². The van der Waals surface area contributed by atoms with Crippen molar-refractivity contribution in [1.29, 1.82) is 0 Å². The van der Waals surface area contributed by atoms with Crippen LogP contribution in [-0.2, 0) is 0 Å². The molecule has 1 unspecified atom stereocenters. The molecular weight excluding hydrogens is 335 g/mol. The Bertz CT molecular complexity index is 560. The molecule has 0 spiro atoms. The molecule has 2 nitrogen and oxygen atoms in total. The second-order valence-corrected chi connectivity index (χ2v) is 5.53. The Labute approximate surface area is 124 Å². The molecule has 2 rings (SSSR count). The largest absolute Gasteiger partial charge is 0.271 e. The van der Waals surface area contributed by atoms with E-state index < -0.39 is 0 Å². The zero-order chi connectivity index (χ0) is 13.1. The van der Waals surface area contributed by atoms with E-state index in [0.29, 0.717) is 10.0 Å². The molecule has 2 aromatic rings. The summed E-state index contributed by atoms with van der Waals surface area (Å²) in [6, 6.07) is 13.1. The molecule has 18 heavy (non-hydrogen) atoms. The van der Waals surface area contributed by atoms with E-state index in [1.165, 1.54) is 0 Å². The molecule has 5 heteroatoms. The Balaban J connectivity index is 2.42. The predicted octanol–water partition coefficient (Wildman–Crippen LogP) is 4.31. The number of halogens is 3. The number of nitrogens with two attached hydrogens (primary N) is 1. The van der Waals surface area contributed by atoms with Crippen molar-refractivity contribution in [3.8, 4) is 0 Å². The Morgan fingerprint density at radius 2 is 1.78 bits per heavy atom. The van der Waals surface area contributed by atoms with Gasteiger partial charge in [-0.05, 0) is 51.3 Å². The summed E-state index contributed by atoms with van der Waals surface area (Å²) < 4.78 is 0.837. The van der Waals surface area contributed by atoms with Crippen LogP contribution >= 0.6 is 39.1 Å². The fraction of sp³-hybridized carbons (Fsp3) is 0.0769. The van der Waals surface area contributed by atoms with E-state index in [1.54, 1.807) is 0 Å². The number of benzene rings is 2. The Morgan fingerprint density at radius 1 is 1.06 bits per heavy atom. The van der Waals surface area contributed by atoms with Crippen molar-refractivity contribution < 1.29 is 0 Å². The molecule has 0 aliphatic carbocycles. The molecule has 2 aromatic carbocycles. The highest BCUT2D eigenvalue weighted by Gasteiger charge is 2.13. The van der Waals surface area contributed by atoms with Crippen molar-refractivity contribution in [2.75, 3.05) is 0 Å². The topological polar surface area (TPSA) is 38.0 Å². The van der Waals surface area contributed by atoms with E-state index >= 15 is 0 Å². The standard InChI is InChI=1S/C13H11BrCl2N2/c14-11-7-9(4-5-12(11)16)13(18-17)8-2-1-3-10(15)6-8/h1-7,13,18H,17H2. The predicted molar refractivity (Wildman–Crippen MR) is 79.8 cm³/mol. The van der Waals surface area contributed by atoms with Crippen LogP contribution in [0.25, 0.3) is 0 Å². The van der Waals surface area contributed by atoms with Gasteiger partial charge in [0.05, 0.1) is 11.1 Å². The highest BCUT2D eigenvalue weighted by Crippen LogP contribution is 2.29. The Kier molecular flexibility index (Phi) is 4.65. The van der Waals surface area contributed by atoms with Crippen molar-refractivity contribution in [2.24, 2.45) is 5.84 Å². The van der Waals surface area contributed by atoms with Crippen LogP contribution in [0.5, 0.6) is 0 Å². The van der Waals surface area contributed by atoms with Gasteiger partial charge in [-0.3, -0.25) is 5.84 Å². The minimum atomic E-state index is -0.128. The third-order valence-electron chi connectivity index (χ3n) is 2.63. The lowest BCUT2D eigenvalue weighted by molar-refractivity contribution is 0.637. The second-order valence-electron chi connectivity index (χ2n) is 3.83. The van der Waals surface area contributed by atoms with Gasteiger partial charge in [-0.15, -0.1) is 0 Å². The third kappa shape index (κ3) is 3.05. The average molecular weight is 346 g/mol. The van der Waals surface area contributed by atoms with Crippen LogP contribution in [-0.4, -0.2) is 0 Å². The molecule has 0 aromatic heterocycles. The molecule has 0 saturated heterocycles. The van der Waals surface area contributed by atoms with Gasteiger partial charge in [0.15, 0.2) is 0 Å². The van der Waals surface area contributed by atoms with Crippen LogP contribution < -0.4 is 11.3 Å². The van der Waals surface area contributed by atoms with Gasteiger partial charge in [-0.1, -0.05) is 41.4 Å². The molecular formula is C13H11BrCl2N2. The summed E-state index contributed by atoms with van der Waals surface area (Å²) in [5.41, 5.74) is 4.80. The summed E-state index contributed by atoms with van der Waals surface area (Å²) >= 11 is 15.4. The lowest BCUT2D eigenvalue weighted by Gasteiger charge is -2.17. The monoisotopic (exact) mass is 344 g/mol. The van der Waals surface area contributed by atoms with Crippen LogP contribution in [0.1, 0.15) is 17.2 Å². The number of hydrogen-bond acceptors (Lipinski definition) is 2. The second kappa shape index (κ2) is 6.04. The lowest BCUT2D eigenvalue weighted by Crippen LogP contribution is -2.28. The van der Waals surface area contributed by atoms with Crippen molar-refractivity contribution in [1.82, 2.24) is 5.43 Å². The first-order chi connectivity index (χ1) is 8.61. The van der Waals surface area contributed by atoms with E-state index in [4.69, 9.17) is 29.0 Å². The molecule has 0 bridgehead atoms. The summed E-state index contributed by atoms with van der Waals surface area (Å²) in [6.45, 7) is 0. The minimum absolute atomic E-state index is 0.128. The Morgan fingerprint density at radius 3 is 2.39 bits per heavy atom. The molecule has 94 valence electrons. The van der Waals surface area contributed by atoms with Crippen molar-refractivity contribution in [3.05, 3.63) is 68.1 Å². The van der Waals surface area contributed by atoms with Gasteiger partial charge in [0, 0.05) is 9.50 Å². The van der Waals surface area contributed by atoms with Gasteiger partial charge in [0.2, 0.25) is 0 Å². The molecule has 0 aliphatic rings. The molecule has 0 amide bonds. The molecule has 0 saturated carbocycles. The maximum absolute atomic E-state index is 5.99. The number of hydrazine groups is 1. The van der Waals surface area contributed by atoms with E-state index in [9.17, 15) is 0 Å². The summed E-state index contributed by atoms with van der Waals surface area (Å²) in [5.74, 6) is 5.63. The first kappa shape index (κ1) is 13.8. The van der Waals surface area contributed by atoms with E-state index in [-0.39, 0.29) is 6.04 Å². The normalized spacial score (nSPS) is 12.4. The zero-order valence-electron chi connectivity index (χ0n) is 9.33. The maximum atomic E-state index is 5.99. The first-order valence-corrected chi connectivity index (χ1v) is 6.83. The van der Waals surface area contributed by atoms with Crippen LogP contribution in [0, 0.1) is 0 Å². The fourth-order valence-corrected chi connectivity index (χ4v) is 2.48. The number of rotatable bonds is 3. The highest BCUT2D eigenvalue weighted by molar-refractivity contribution is 9.10. The van der Waals surface area contributed by atoms with Crippen LogP contribution in [0.2, 0.25) is 10.0 Å². The quantitative estimate of drug-likeness (QED) is 0.642. The summed E-state index contributed by atoms with van der Waals surface area (Å²) in [5, 5.41) is 1.35. The first-order valence-electron chi connectivity index (χ1n) is 5.28. The molecule has 0 aliphatic heterocycles. The minimum Gasteiger partial charge on any atom is -0.271 e. The van der Waals surface area contributed by atoms with Gasteiger partial charge in [-0.2, -0.15) is 0 Å². The highest BCUT2D eigenvalue weighted by atomic mass is 79.9. The number of hydrogen-bond donors (Lipinski definition) is 2. The van der Waals surface area contributed by atoms with Crippen LogP contribution in [0.15, 0.2) is 46.9 Å². The van der Waals surface area contributed by atoms with Crippen molar-refractivity contribution in [3.63, 3.8) is 0 Å². The third-order valence-corrected chi connectivity index (χ3v) is 4.07. The van der Waals surface area contributed by atoms with Gasteiger partial charge >= 0.3 is 0 Å². The summed E-state index contributed by atoms with van der Waals surface area (Å²) in [7, 11) is 0. The molecule has 1 atom stereocenters. The summed E-state index contributed by atoms with van der Waals surface area (Å²) in [6.07, 6.45) is 0. The van der Waals surface area contributed by atoms with Gasteiger partial charge < -0.3 is 0 Å². The summed E-state index contributed by atoms with van der Waals surface area (Å²) in [4.78, 5) is 0. The molecule has 0 fully saturated rings. The maximum Gasteiger partial charge on any atom is 0.0711 e. The zero-order valence-corrected chi connectivity index (χ0v) is 12.4. The lowest BCUT2D eigenvalue weighted by atomic mass is 9.99.